The van der Waals surface area contributed by atoms with Gasteiger partial charge in [0.25, 0.3) is 0 Å². The summed E-state index contributed by atoms with van der Waals surface area (Å²) in [5, 5.41) is 6.14. The average molecular weight is 253 g/mol. The van der Waals surface area contributed by atoms with Crippen molar-refractivity contribution in [3.05, 3.63) is 50.9 Å². The maximum absolute atomic E-state index is 6.16. The molecular formula is C12H13ClN2S. The first-order valence-electron chi connectivity index (χ1n) is 5.04. The van der Waals surface area contributed by atoms with Gasteiger partial charge in [-0.2, -0.15) is 0 Å². The fraction of sp³-hybridized carbons (Fsp3) is 0.250. The predicted molar refractivity (Wildman–Crippen MR) is 69.2 cm³/mol. The summed E-state index contributed by atoms with van der Waals surface area (Å²) in [6, 6.07) is 4.28. The molecule has 0 saturated heterocycles. The van der Waals surface area contributed by atoms with Crippen LogP contribution in [0.5, 0.6) is 0 Å². The van der Waals surface area contributed by atoms with Crippen molar-refractivity contribution < 1.29 is 0 Å². The molecule has 2 rings (SSSR count). The first-order valence-corrected chi connectivity index (χ1v) is 6.30. The van der Waals surface area contributed by atoms with E-state index >= 15 is 0 Å². The van der Waals surface area contributed by atoms with Crippen LogP contribution in [0.2, 0.25) is 5.02 Å². The van der Waals surface area contributed by atoms with Gasteiger partial charge in [0.15, 0.2) is 0 Å². The lowest BCUT2D eigenvalue weighted by molar-refractivity contribution is 0.693. The molecule has 0 radical (unpaired) electrons. The minimum atomic E-state index is 0.139. The Bertz CT molecular complexity index is 481. The average Bonchev–Trinajstić information content (AvgIpc) is 2.69. The second-order valence-corrected chi connectivity index (χ2v) is 5.13. The Morgan fingerprint density at radius 2 is 2.31 bits per heavy atom. The fourth-order valence-electron chi connectivity index (χ4n) is 1.74. The number of nitrogens with zero attached hydrogens (tertiary/aromatic N) is 1. The van der Waals surface area contributed by atoms with Crippen molar-refractivity contribution in [3.8, 4) is 0 Å². The molecule has 0 bridgehead atoms. The van der Waals surface area contributed by atoms with Gasteiger partial charge in [0, 0.05) is 17.3 Å². The molecule has 0 fully saturated rings. The molecule has 4 heteroatoms. The highest BCUT2D eigenvalue weighted by molar-refractivity contribution is 7.10. The molecule has 0 saturated carbocycles. The highest BCUT2D eigenvalue weighted by atomic mass is 35.5. The van der Waals surface area contributed by atoms with Crippen molar-refractivity contribution in [3.63, 3.8) is 0 Å². The van der Waals surface area contributed by atoms with Crippen LogP contribution in [-0.4, -0.2) is 12.0 Å². The molecule has 0 aliphatic carbocycles. The van der Waals surface area contributed by atoms with Crippen molar-refractivity contribution in [1.29, 1.82) is 0 Å². The van der Waals surface area contributed by atoms with Crippen molar-refractivity contribution in [2.75, 3.05) is 7.05 Å². The lowest BCUT2D eigenvalue weighted by Gasteiger charge is -2.16. The number of nitrogens with one attached hydrogen (secondary N) is 1. The van der Waals surface area contributed by atoms with Gasteiger partial charge in [0.2, 0.25) is 0 Å². The zero-order valence-electron chi connectivity index (χ0n) is 9.20. The van der Waals surface area contributed by atoms with Crippen LogP contribution in [0, 0.1) is 6.92 Å². The molecule has 2 aromatic heterocycles. The third kappa shape index (κ3) is 2.26. The van der Waals surface area contributed by atoms with Crippen LogP contribution in [0.4, 0.5) is 0 Å². The molecule has 0 aromatic carbocycles. The number of aromatic nitrogens is 1. The largest absolute Gasteiger partial charge is 0.309 e. The van der Waals surface area contributed by atoms with Crippen LogP contribution >= 0.6 is 22.9 Å². The van der Waals surface area contributed by atoms with Crippen LogP contribution in [0.1, 0.15) is 22.0 Å². The lowest BCUT2D eigenvalue weighted by atomic mass is 10.0. The fourth-order valence-corrected chi connectivity index (χ4v) is 2.70. The van der Waals surface area contributed by atoms with Crippen molar-refractivity contribution in [2.45, 2.75) is 13.0 Å². The van der Waals surface area contributed by atoms with E-state index in [-0.39, 0.29) is 6.04 Å². The van der Waals surface area contributed by atoms with Crippen LogP contribution in [0.15, 0.2) is 29.9 Å². The van der Waals surface area contributed by atoms with Gasteiger partial charge >= 0.3 is 0 Å². The summed E-state index contributed by atoms with van der Waals surface area (Å²) in [6.45, 7) is 2.11. The van der Waals surface area contributed by atoms with Gasteiger partial charge in [-0.15, -0.1) is 11.3 Å². The van der Waals surface area contributed by atoms with Crippen LogP contribution in [0.25, 0.3) is 0 Å². The van der Waals surface area contributed by atoms with Crippen molar-refractivity contribution in [1.82, 2.24) is 10.3 Å². The topological polar surface area (TPSA) is 24.9 Å². The monoisotopic (exact) mass is 252 g/mol. The standard InChI is InChI=1S/C12H13ClN2S/c1-8-5-9(7-16-8)12(14-2)10-3-4-15-6-11(10)13/h3-7,12,14H,1-2H3. The summed E-state index contributed by atoms with van der Waals surface area (Å²) in [7, 11) is 1.94. The molecule has 2 aromatic rings. The Labute approximate surface area is 104 Å². The third-order valence-corrected chi connectivity index (χ3v) is 3.68. The van der Waals surface area contributed by atoms with E-state index in [9.17, 15) is 0 Å². The highest BCUT2D eigenvalue weighted by Gasteiger charge is 2.15. The molecule has 0 amide bonds. The van der Waals surface area contributed by atoms with Gasteiger partial charge in [-0.05, 0) is 42.6 Å². The van der Waals surface area contributed by atoms with E-state index in [0.29, 0.717) is 5.02 Å². The Hall–Kier alpha value is -0.900. The smallest absolute Gasteiger partial charge is 0.0640 e. The van der Waals surface area contributed by atoms with E-state index in [2.05, 4.69) is 28.7 Å². The third-order valence-electron chi connectivity index (χ3n) is 2.49. The molecule has 84 valence electrons. The molecule has 2 heterocycles. The number of pyridine rings is 1. The Kier molecular flexibility index (Phi) is 3.59. The Morgan fingerprint density at radius 1 is 1.50 bits per heavy atom. The van der Waals surface area contributed by atoms with Gasteiger partial charge in [-0.3, -0.25) is 4.98 Å². The Balaban J connectivity index is 2.40. The normalized spacial score (nSPS) is 12.7. The maximum Gasteiger partial charge on any atom is 0.0640 e. The lowest BCUT2D eigenvalue weighted by Crippen LogP contribution is -2.17. The molecule has 0 spiro atoms. The first-order chi connectivity index (χ1) is 7.72. The highest BCUT2D eigenvalue weighted by Crippen LogP contribution is 2.29. The summed E-state index contributed by atoms with van der Waals surface area (Å²) in [4.78, 5) is 5.31. The summed E-state index contributed by atoms with van der Waals surface area (Å²) in [6.07, 6.45) is 3.45. The van der Waals surface area contributed by atoms with E-state index in [1.165, 1.54) is 10.4 Å². The zero-order chi connectivity index (χ0) is 11.5. The number of rotatable bonds is 3. The van der Waals surface area contributed by atoms with E-state index in [4.69, 9.17) is 11.6 Å². The van der Waals surface area contributed by atoms with E-state index in [1.807, 2.05) is 13.1 Å². The Morgan fingerprint density at radius 3 is 2.88 bits per heavy atom. The van der Waals surface area contributed by atoms with E-state index in [1.54, 1.807) is 23.7 Å². The van der Waals surface area contributed by atoms with Crippen LogP contribution < -0.4 is 5.32 Å². The number of halogens is 1. The minimum Gasteiger partial charge on any atom is -0.309 e. The number of thiophene rings is 1. The summed E-state index contributed by atoms with van der Waals surface area (Å²) in [5.41, 5.74) is 2.31. The molecule has 16 heavy (non-hydrogen) atoms. The van der Waals surface area contributed by atoms with E-state index < -0.39 is 0 Å². The molecular weight excluding hydrogens is 240 g/mol. The number of hydrogen-bond acceptors (Lipinski definition) is 3. The molecule has 0 aliphatic rings. The van der Waals surface area contributed by atoms with Crippen molar-refractivity contribution in [2.24, 2.45) is 0 Å². The van der Waals surface area contributed by atoms with Gasteiger partial charge in [-0.25, -0.2) is 0 Å². The minimum absolute atomic E-state index is 0.139. The summed E-state index contributed by atoms with van der Waals surface area (Å²) in [5.74, 6) is 0. The zero-order valence-corrected chi connectivity index (χ0v) is 10.8. The molecule has 1 unspecified atom stereocenters. The molecule has 2 nitrogen and oxygen atoms in total. The van der Waals surface area contributed by atoms with Gasteiger partial charge in [0.05, 0.1) is 11.1 Å². The van der Waals surface area contributed by atoms with Gasteiger partial charge in [0.1, 0.15) is 0 Å². The SMILES string of the molecule is CNC(c1csc(C)c1)c1ccncc1Cl. The molecule has 1 N–H and O–H groups in total. The number of hydrogen-bond donors (Lipinski definition) is 1. The van der Waals surface area contributed by atoms with Crippen LogP contribution in [0.3, 0.4) is 0 Å². The van der Waals surface area contributed by atoms with E-state index in [0.717, 1.165) is 5.56 Å². The molecule has 1 atom stereocenters. The quantitative estimate of drug-likeness (QED) is 0.906. The number of aryl methyl sites for hydroxylation is 1. The molecule has 0 aliphatic heterocycles. The first kappa shape index (κ1) is 11.6. The van der Waals surface area contributed by atoms with Gasteiger partial charge < -0.3 is 5.32 Å². The second-order valence-electron chi connectivity index (χ2n) is 3.61. The van der Waals surface area contributed by atoms with Crippen LogP contribution in [-0.2, 0) is 0 Å². The van der Waals surface area contributed by atoms with Crippen molar-refractivity contribution >= 4 is 22.9 Å². The summed E-state index contributed by atoms with van der Waals surface area (Å²) < 4.78 is 0. The second kappa shape index (κ2) is 4.95. The van der Waals surface area contributed by atoms with Gasteiger partial charge in [-0.1, -0.05) is 11.6 Å². The predicted octanol–water partition coefficient (Wildman–Crippen LogP) is 3.41. The summed E-state index contributed by atoms with van der Waals surface area (Å²) >= 11 is 7.91. The maximum atomic E-state index is 6.16.